The summed E-state index contributed by atoms with van der Waals surface area (Å²) in [6, 6.07) is 3.12. The fourth-order valence-electron chi connectivity index (χ4n) is 3.34. The zero-order valence-corrected chi connectivity index (χ0v) is 16.3. The number of aliphatic hydroxyl groups excluding tert-OH is 1. The van der Waals surface area contributed by atoms with Crippen LogP contribution in [0.3, 0.4) is 0 Å². The average molecular weight is 406 g/mol. The smallest absolute Gasteiger partial charge is 0.223 e. The molecule has 1 aromatic carbocycles. The van der Waals surface area contributed by atoms with Gasteiger partial charge in [-0.15, -0.1) is 0 Å². The minimum Gasteiger partial charge on any atom is -0.389 e. The Bertz CT molecular complexity index is 1010. The van der Waals surface area contributed by atoms with Gasteiger partial charge in [0.15, 0.2) is 5.82 Å². The minimum atomic E-state index is -0.648. The van der Waals surface area contributed by atoms with Gasteiger partial charge in [0, 0.05) is 18.2 Å². The van der Waals surface area contributed by atoms with Crippen LogP contribution in [0.15, 0.2) is 24.7 Å². The number of fused-ring (bicyclic) bond motifs is 1. The number of rotatable bonds is 4. The lowest BCUT2D eigenvalue weighted by molar-refractivity contribution is -0.0136. The molecule has 2 atom stereocenters. The SMILES string of the molecule is CC(C)n1cnc2c(F)cc(-c3nc(NC4CCOCC4O)ncc3Cl)cc21. The monoisotopic (exact) mass is 405 g/mol. The summed E-state index contributed by atoms with van der Waals surface area (Å²) < 4.78 is 21.8. The van der Waals surface area contributed by atoms with Gasteiger partial charge in [-0.25, -0.2) is 19.3 Å². The number of hydrogen-bond donors (Lipinski definition) is 2. The van der Waals surface area contributed by atoms with E-state index in [0.29, 0.717) is 46.3 Å². The van der Waals surface area contributed by atoms with Crippen molar-refractivity contribution in [1.29, 1.82) is 0 Å². The molecule has 148 valence electrons. The van der Waals surface area contributed by atoms with Crippen molar-refractivity contribution in [3.05, 3.63) is 35.5 Å². The van der Waals surface area contributed by atoms with Gasteiger partial charge < -0.3 is 19.7 Å². The summed E-state index contributed by atoms with van der Waals surface area (Å²) in [4.78, 5) is 12.8. The predicted octanol–water partition coefficient (Wildman–Crippen LogP) is 3.43. The van der Waals surface area contributed by atoms with Crippen LogP contribution in [0.5, 0.6) is 0 Å². The number of nitrogens with one attached hydrogen (secondary N) is 1. The molecule has 3 heterocycles. The van der Waals surface area contributed by atoms with Gasteiger partial charge in [0.05, 0.1) is 47.5 Å². The Morgan fingerprint density at radius 1 is 1.36 bits per heavy atom. The Hall–Kier alpha value is -2.29. The van der Waals surface area contributed by atoms with Crippen molar-refractivity contribution in [2.24, 2.45) is 0 Å². The number of anilines is 1. The normalized spacial score (nSPS) is 20.1. The van der Waals surface area contributed by atoms with Crippen LogP contribution < -0.4 is 5.32 Å². The van der Waals surface area contributed by atoms with E-state index in [1.165, 1.54) is 12.3 Å². The quantitative estimate of drug-likeness (QED) is 0.691. The molecule has 0 aliphatic carbocycles. The molecule has 1 saturated heterocycles. The van der Waals surface area contributed by atoms with Crippen molar-refractivity contribution >= 4 is 28.6 Å². The van der Waals surface area contributed by atoms with E-state index in [1.54, 1.807) is 6.33 Å². The first-order chi connectivity index (χ1) is 13.4. The molecule has 2 N–H and O–H groups in total. The molecule has 3 aromatic rings. The third-order valence-corrected chi connectivity index (χ3v) is 5.12. The fourth-order valence-corrected chi connectivity index (χ4v) is 3.54. The lowest BCUT2D eigenvalue weighted by Crippen LogP contribution is -2.42. The molecule has 28 heavy (non-hydrogen) atoms. The van der Waals surface area contributed by atoms with Crippen LogP contribution in [-0.4, -0.2) is 50.0 Å². The second kappa shape index (κ2) is 7.62. The van der Waals surface area contributed by atoms with Crippen LogP contribution in [0.25, 0.3) is 22.3 Å². The lowest BCUT2D eigenvalue weighted by atomic mass is 10.1. The second-order valence-corrected chi connectivity index (χ2v) is 7.55. The topological polar surface area (TPSA) is 85.1 Å². The molecule has 9 heteroatoms. The van der Waals surface area contributed by atoms with E-state index in [0.717, 1.165) is 0 Å². The molecule has 4 rings (SSSR count). The maximum Gasteiger partial charge on any atom is 0.223 e. The van der Waals surface area contributed by atoms with Crippen molar-refractivity contribution in [3.8, 4) is 11.3 Å². The molecule has 7 nitrogen and oxygen atoms in total. The Morgan fingerprint density at radius 3 is 2.93 bits per heavy atom. The molecule has 0 saturated carbocycles. The van der Waals surface area contributed by atoms with Crippen molar-refractivity contribution < 1.29 is 14.2 Å². The molecular weight excluding hydrogens is 385 g/mol. The molecule has 1 aliphatic heterocycles. The van der Waals surface area contributed by atoms with Gasteiger partial charge in [-0.3, -0.25) is 0 Å². The number of aliphatic hydroxyl groups is 1. The predicted molar refractivity (Wildman–Crippen MR) is 105 cm³/mol. The van der Waals surface area contributed by atoms with Gasteiger partial charge >= 0.3 is 0 Å². The Balaban J connectivity index is 1.73. The summed E-state index contributed by atoms with van der Waals surface area (Å²) in [6.07, 6.45) is 3.09. The third-order valence-electron chi connectivity index (χ3n) is 4.85. The van der Waals surface area contributed by atoms with Gasteiger partial charge in [0.2, 0.25) is 5.95 Å². The molecule has 0 bridgehead atoms. The highest BCUT2D eigenvalue weighted by molar-refractivity contribution is 6.33. The summed E-state index contributed by atoms with van der Waals surface area (Å²) in [5, 5.41) is 13.5. The number of nitrogens with zero attached hydrogens (tertiary/aromatic N) is 4. The van der Waals surface area contributed by atoms with E-state index >= 15 is 0 Å². The molecule has 1 fully saturated rings. The van der Waals surface area contributed by atoms with E-state index in [4.69, 9.17) is 16.3 Å². The maximum absolute atomic E-state index is 14.6. The summed E-state index contributed by atoms with van der Waals surface area (Å²) in [5.74, 6) is -0.112. The Morgan fingerprint density at radius 2 is 2.18 bits per heavy atom. The first kappa shape index (κ1) is 19.0. The van der Waals surface area contributed by atoms with Crippen LogP contribution in [0, 0.1) is 5.82 Å². The minimum absolute atomic E-state index is 0.132. The molecule has 0 spiro atoms. The van der Waals surface area contributed by atoms with Crippen molar-refractivity contribution in [2.75, 3.05) is 18.5 Å². The third kappa shape index (κ3) is 3.55. The van der Waals surface area contributed by atoms with Crippen LogP contribution in [-0.2, 0) is 4.74 Å². The number of imidazole rings is 1. The molecule has 0 amide bonds. The largest absolute Gasteiger partial charge is 0.389 e. The van der Waals surface area contributed by atoms with Crippen molar-refractivity contribution in [2.45, 2.75) is 38.5 Å². The highest BCUT2D eigenvalue weighted by Crippen LogP contribution is 2.31. The zero-order valence-electron chi connectivity index (χ0n) is 15.6. The van der Waals surface area contributed by atoms with E-state index < -0.39 is 11.9 Å². The molecule has 0 radical (unpaired) electrons. The van der Waals surface area contributed by atoms with Gasteiger partial charge in [-0.05, 0) is 32.4 Å². The van der Waals surface area contributed by atoms with Gasteiger partial charge in [0.25, 0.3) is 0 Å². The summed E-state index contributed by atoms with van der Waals surface area (Å²) in [5.41, 5.74) is 1.94. The molecule has 1 aliphatic rings. The summed E-state index contributed by atoms with van der Waals surface area (Å²) in [7, 11) is 0. The van der Waals surface area contributed by atoms with Crippen LogP contribution in [0.2, 0.25) is 5.02 Å². The molecular formula is C19H21ClFN5O2. The van der Waals surface area contributed by atoms with Crippen molar-refractivity contribution in [1.82, 2.24) is 19.5 Å². The summed E-state index contributed by atoms with van der Waals surface area (Å²) >= 11 is 6.31. The molecule has 2 aromatic heterocycles. The van der Waals surface area contributed by atoms with E-state index in [9.17, 15) is 9.50 Å². The van der Waals surface area contributed by atoms with Crippen LogP contribution >= 0.6 is 11.6 Å². The van der Waals surface area contributed by atoms with Gasteiger partial charge in [0.1, 0.15) is 5.52 Å². The number of benzene rings is 1. The number of ether oxygens (including phenoxy) is 1. The summed E-state index contributed by atoms with van der Waals surface area (Å²) in [6.45, 7) is 4.82. The first-order valence-electron chi connectivity index (χ1n) is 9.15. The van der Waals surface area contributed by atoms with Crippen LogP contribution in [0.4, 0.5) is 10.3 Å². The number of aromatic nitrogens is 4. The van der Waals surface area contributed by atoms with Crippen LogP contribution in [0.1, 0.15) is 26.3 Å². The van der Waals surface area contributed by atoms with Gasteiger partial charge in [-0.2, -0.15) is 0 Å². The van der Waals surface area contributed by atoms with E-state index in [1.807, 2.05) is 24.5 Å². The second-order valence-electron chi connectivity index (χ2n) is 7.14. The first-order valence-corrected chi connectivity index (χ1v) is 9.53. The van der Waals surface area contributed by atoms with E-state index in [-0.39, 0.29) is 18.7 Å². The Labute approximate surface area is 166 Å². The maximum atomic E-state index is 14.6. The highest BCUT2D eigenvalue weighted by atomic mass is 35.5. The number of hydrogen-bond acceptors (Lipinski definition) is 6. The fraction of sp³-hybridized carbons (Fsp3) is 0.421. The van der Waals surface area contributed by atoms with E-state index in [2.05, 4.69) is 20.3 Å². The highest BCUT2D eigenvalue weighted by Gasteiger charge is 2.24. The lowest BCUT2D eigenvalue weighted by Gasteiger charge is -2.28. The Kier molecular flexibility index (Phi) is 5.18. The van der Waals surface area contributed by atoms with Gasteiger partial charge in [-0.1, -0.05) is 11.6 Å². The zero-order chi connectivity index (χ0) is 19.8. The number of halogens is 2. The standard InChI is InChI=1S/C19H21ClFN5O2/c1-10(2)26-9-23-18-13(21)5-11(6-15(18)26)17-12(20)7-22-19(25-17)24-14-3-4-28-8-16(14)27/h5-7,9-10,14,16,27H,3-4,8H2,1-2H3,(H,22,24,25). The molecule has 2 unspecified atom stereocenters. The average Bonchev–Trinajstić information content (AvgIpc) is 3.10. The van der Waals surface area contributed by atoms with Crippen molar-refractivity contribution in [3.63, 3.8) is 0 Å².